The number of carbonyl (C=O) groups excluding carboxylic acids is 1. The molecule has 1 unspecified atom stereocenters. The SMILES string of the molecule is CC(C(=O)Nc1ccc(Br)cc1Br)N1CCOCC1. The first-order valence-electron chi connectivity index (χ1n) is 6.15. The molecule has 2 rings (SSSR count). The average molecular weight is 392 g/mol. The van der Waals surface area contributed by atoms with Crippen molar-refractivity contribution in [3.8, 4) is 0 Å². The van der Waals surface area contributed by atoms with Crippen molar-refractivity contribution in [1.82, 2.24) is 4.90 Å². The molecule has 6 heteroatoms. The van der Waals surface area contributed by atoms with Gasteiger partial charge in [0, 0.05) is 22.0 Å². The lowest BCUT2D eigenvalue weighted by molar-refractivity contribution is -0.122. The average Bonchev–Trinajstić information content (AvgIpc) is 2.42. The first kappa shape index (κ1) is 15.0. The Kier molecular flexibility index (Phi) is 5.38. The third-order valence-corrected chi connectivity index (χ3v) is 4.31. The van der Waals surface area contributed by atoms with Gasteiger partial charge in [-0.2, -0.15) is 0 Å². The van der Waals surface area contributed by atoms with Crippen LogP contribution in [0.5, 0.6) is 0 Å². The summed E-state index contributed by atoms with van der Waals surface area (Å²) in [6, 6.07) is 5.53. The number of rotatable bonds is 3. The summed E-state index contributed by atoms with van der Waals surface area (Å²) in [4.78, 5) is 14.4. The first-order valence-corrected chi connectivity index (χ1v) is 7.74. The van der Waals surface area contributed by atoms with E-state index in [2.05, 4.69) is 42.1 Å². The highest BCUT2D eigenvalue weighted by molar-refractivity contribution is 9.11. The third kappa shape index (κ3) is 4.02. The number of hydrogen-bond acceptors (Lipinski definition) is 3. The molecule has 0 aliphatic carbocycles. The molecule has 4 nitrogen and oxygen atoms in total. The fourth-order valence-electron chi connectivity index (χ4n) is 1.96. The maximum absolute atomic E-state index is 12.2. The quantitative estimate of drug-likeness (QED) is 0.861. The fraction of sp³-hybridized carbons (Fsp3) is 0.462. The van der Waals surface area contributed by atoms with Gasteiger partial charge in [-0.1, -0.05) is 15.9 Å². The van der Waals surface area contributed by atoms with Crippen molar-refractivity contribution in [3.05, 3.63) is 27.1 Å². The second kappa shape index (κ2) is 6.83. The van der Waals surface area contributed by atoms with Crippen molar-refractivity contribution in [1.29, 1.82) is 0 Å². The number of nitrogens with one attached hydrogen (secondary N) is 1. The van der Waals surface area contributed by atoms with E-state index in [1.165, 1.54) is 0 Å². The fourth-order valence-corrected chi connectivity index (χ4v) is 3.10. The Bertz CT molecular complexity index is 462. The summed E-state index contributed by atoms with van der Waals surface area (Å²) in [6.07, 6.45) is 0. The predicted molar refractivity (Wildman–Crippen MR) is 82.3 cm³/mol. The number of ether oxygens (including phenoxy) is 1. The minimum Gasteiger partial charge on any atom is -0.379 e. The number of benzene rings is 1. The summed E-state index contributed by atoms with van der Waals surface area (Å²) in [6.45, 7) is 4.92. The number of anilines is 1. The van der Waals surface area contributed by atoms with E-state index in [0.29, 0.717) is 13.2 Å². The van der Waals surface area contributed by atoms with E-state index in [4.69, 9.17) is 4.74 Å². The zero-order valence-corrected chi connectivity index (χ0v) is 13.8. The Morgan fingerprint density at radius 3 is 2.68 bits per heavy atom. The number of nitrogens with zero attached hydrogens (tertiary/aromatic N) is 1. The maximum Gasteiger partial charge on any atom is 0.241 e. The molecule has 1 fully saturated rings. The molecular weight excluding hydrogens is 376 g/mol. The maximum atomic E-state index is 12.2. The zero-order valence-electron chi connectivity index (χ0n) is 10.7. The molecule has 0 aromatic heterocycles. The molecule has 1 N–H and O–H groups in total. The van der Waals surface area contributed by atoms with Crippen LogP contribution < -0.4 is 5.32 Å². The molecule has 0 spiro atoms. The van der Waals surface area contributed by atoms with Gasteiger partial charge < -0.3 is 10.1 Å². The van der Waals surface area contributed by atoms with Crippen LogP contribution in [-0.2, 0) is 9.53 Å². The van der Waals surface area contributed by atoms with Crippen LogP contribution in [-0.4, -0.2) is 43.2 Å². The first-order chi connectivity index (χ1) is 9.08. The van der Waals surface area contributed by atoms with E-state index in [-0.39, 0.29) is 11.9 Å². The monoisotopic (exact) mass is 390 g/mol. The zero-order chi connectivity index (χ0) is 13.8. The van der Waals surface area contributed by atoms with Crippen LogP contribution in [0.15, 0.2) is 27.1 Å². The lowest BCUT2D eigenvalue weighted by Crippen LogP contribution is -2.47. The molecule has 19 heavy (non-hydrogen) atoms. The lowest BCUT2D eigenvalue weighted by Gasteiger charge is -2.31. The van der Waals surface area contributed by atoms with Gasteiger partial charge in [0.1, 0.15) is 0 Å². The Balaban J connectivity index is 1.99. The predicted octanol–water partition coefficient (Wildman–Crippen LogP) is 2.87. The highest BCUT2D eigenvalue weighted by Gasteiger charge is 2.23. The van der Waals surface area contributed by atoms with Gasteiger partial charge in [-0.15, -0.1) is 0 Å². The number of morpholine rings is 1. The van der Waals surface area contributed by atoms with Crippen LogP contribution in [0.3, 0.4) is 0 Å². The number of carbonyl (C=O) groups is 1. The molecule has 0 saturated carbocycles. The Hall–Kier alpha value is -0.430. The van der Waals surface area contributed by atoms with Crippen LogP contribution in [0, 0.1) is 0 Å². The van der Waals surface area contributed by atoms with Crippen LogP contribution in [0.1, 0.15) is 6.92 Å². The number of halogens is 2. The molecule has 1 aliphatic rings. The second-order valence-corrected chi connectivity index (χ2v) is 6.21. The van der Waals surface area contributed by atoms with Gasteiger partial charge in [0.05, 0.1) is 24.9 Å². The van der Waals surface area contributed by atoms with E-state index in [0.717, 1.165) is 27.7 Å². The van der Waals surface area contributed by atoms with Crippen molar-refractivity contribution >= 4 is 43.5 Å². The van der Waals surface area contributed by atoms with Gasteiger partial charge in [0.2, 0.25) is 5.91 Å². The van der Waals surface area contributed by atoms with Crippen LogP contribution >= 0.6 is 31.9 Å². The Morgan fingerprint density at radius 2 is 2.05 bits per heavy atom. The lowest BCUT2D eigenvalue weighted by atomic mass is 10.2. The molecule has 0 radical (unpaired) electrons. The Morgan fingerprint density at radius 1 is 1.37 bits per heavy atom. The van der Waals surface area contributed by atoms with Crippen LogP contribution in [0.2, 0.25) is 0 Å². The molecule has 1 aromatic carbocycles. The standard InChI is InChI=1S/C13H16Br2N2O2/c1-9(17-4-6-19-7-5-17)13(18)16-12-3-2-10(14)8-11(12)15/h2-3,8-9H,4-7H2,1H3,(H,16,18). The van der Waals surface area contributed by atoms with Crippen molar-refractivity contribution < 1.29 is 9.53 Å². The van der Waals surface area contributed by atoms with Gasteiger partial charge in [0.15, 0.2) is 0 Å². The van der Waals surface area contributed by atoms with Gasteiger partial charge in [0.25, 0.3) is 0 Å². The Labute approximate surface area is 129 Å². The molecule has 1 amide bonds. The highest BCUT2D eigenvalue weighted by atomic mass is 79.9. The van der Waals surface area contributed by atoms with Crippen molar-refractivity contribution in [2.24, 2.45) is 0 Å². The van der Waals surface area contributed by atoms with Crippen LogP contribution in [0.25, 0.3) is 0 Å². The topological polar surface area (TPSA) is 41.6 Å². The van der Waals surface area contributed by atoms with Gasteiger partial charge >= 0.3 is 0 Å². The molecule has 1 heterocycles. The smallest absolute Gasteiger partial charge is 0.241 e. The molecule has 1 saturated heterocycles. The minimum absolute atomic E-state index is 0.00456. The van der Waals surface area contributed by atoms with E-state index >= 15 is 0 Å². The van der Waals surface area contributed by atoms with Crippen molar-refractivity contribution in [3.63, 3.8) is 0 Å². The summed E-state index contributed by atoms with van der Waals surface area (Å²) in [5.41, 5.74) is 0.785. The molecule has 1 aliphatic heterocycles. The van der Waals surface area contributed by atoms with E-state index < -0.39 is 0 Å². The summed E-state index contributed by atoms with van der Waals surface area (Å²) in [7, 11) is 0. The van der Waals surface area contributed by atoms with Gasteiger partial charge in [-0.3, -0.25) is 9.69 Å². The van der Waals surface area contributed by atoms with Gasteiger partial charge in [-0.25, -0.2) is 0 Å². The van der Waals surface area contributed by atoms with Crippen LogP contribution in [0.4, 0.5) is 5.69 Å². The molecule has 0 bridgehead atoms. The molecule has 1 atom stereocenters. The second-order valence-electron chi connectivity index (χ2n) is 4.44. The number of hydrogen-bond donors (Lipinski definition) is 1. The largest absolute Gasteiger partial charge is 0.379 e. The van der Waals surface area contributed by atoms with Crippen molar-refractivity contribution in [2.75, 3.05) is 31.6 Å². The van der Waals surface area contributed by atoms with E-state index in [1.54, 1.807) is 0 Å². The highest BCUT2D eigenvalue weighted by Crippen LogP contribution is 2.26. The molecule has 104 valence electrons. The van der Waals surface area contributed by atoms with Crippen molar-refractivity contribution in [2.45, 2.75) is 13.0 Å². The number of amides is 1. The van der Waals surface area contributed by atoms with E-state index in [9.17, 15) is 4.79 Å². The molecule has 1 aromatic rings. The summed E-state index contributed by atoms with van der Waals surface area (Å²) in [5, 5.41) is 2.95. The summed E-state index contributed by atoms with van der Waals surface area (Å²) in [5.74, 6) is 0.00456. The van der Waals surface area contributed by atoms with Gasteiger partial charge in [-0.05, 0) is 41.1 Å². The normalized spacial score (nSPS) is 18.1. The third-order valence-electron chi connectivity index (χ3n) is 3.16. The molecular formula is C13H16Br2N2O2. The summed E-state index contributed by atoms with van der Waals surface area (Å²) < 4.78 is 7.13. The summed E-state index contributed by atoms with van der Waals surface area (Å²) >= 11 is 6.83. The minimum atomic E-state index is -0.153. The van der Waals surface area contributed by atoms with E-state index in [1.807, 2.05) is 25.1 Å².